The Balaban J connectivity index is 1.92. The normalized spacial score (nSPS) is 12.0. The zero-order valence-corrected chi connectivity index (χ0v) is 20.5. The zero-order valence-electron chi connectivity index (χ0n) is 20.5. The molecule has 0 aliphatic carbocycles. The second-order valence-electron chi connectivity index (χ2n) is 9.36. The van der Waals surface area contributed by atoms with E-state index in [9.17, 15) is 22.8 Å². The second-order valence-corrected chi connectivity index (χ2v) is 9.36. The van der Waals surface area contributed by atoms with Crippen molar-refractivity contribution >= 4 is 6.03 Å². The molecule has 0 aliphatic rings. The zero-order chi connectivity index (χ0) is 26.5. The molecule has 2 aromatic heterocycles. The summed E-state index contributed by atoms with van der Waals surface area (Å²) >= 11 is 0. The Hall–Kier alpha value is -3.60. The third-order valence-corrected chi connectivity index (χ3v) is 5.10. The molecule has 0 aliphatic heterocycles. The van der Waals surface area contributed by atoms with E-state index in [1.807, 2.05) is 20.8 Å². The number of benzene rings is 1. The van der Waals surface area contributed by atoms with Gasteiger partial charge in [-0.05, 0) is 44.5 Å². The standard InChI is InChI=1S/C25H29F3N4O4/c1-24(2,3)31-23(34)32(13-18-9-6-10-36-18)14-21-29-20(15-35-4)19(22(33)30-21)12-16-7-5-8-17(11-16)25(26,27)28/h5-11H,12-15H2,1-4H3,(H,31,34)(H,29,30,33). The number of carbonyl (C=O) groups is 1. The third kappa shape index (κ3) is 7.45. The smallest absolute Gasteiger partial charge is 0.416 e. The van der Waals surface area contributed by atoms with Gasteiger partial charge in [-0.1, -0.05) is 18.2 Å². The lowest BCUT2D eigenvalue weighted by Gasteiger charge is -2.27. The van der Waals surface area contributed by atoms with Crippen LogP contribution in [0.3, 0.4) is 0 Å². The molecule has 2 heterocycles. The van der Waals surface area contributed by atoms with Crippen LogP contribution in [0.25, 0.3) is 0 Å². The minimum absolute atomic E-state index is 0.0302. The van der Waals surface area contributed by atoms with Gasteiger partial charge in [0, 0.05) is 24.6 Å². The van der Waals surface area contributed by atoms with E-state index < -0.39 is 22.8 Å². The first-order chi connectivity index (χ1) is 16.9. The second kappa shape index (κ2) is 11.0. The van der Waals surface area contributed by atoms with Crippen LogP contribution in [0.1, 0.15) is 54.7 Å². The first-order valence-electron chi connectivity index (χ1n) is 11.2. The summed E-state index contributed by atoms with van der Waals surface area (Å²) < 4.78 is 49.9. The number of furan rings is 1. The van der Waals surface area contributed by atoms with Crippen LogP contribution in [0.2, 0.25) is 0 Å². The number of H-pyrrole nitrogens is 1. The van der Waals surface area contributed by atoms with E-state index in [-0.39, 0.29) is 49.2 Å². The third-order valence-electron chi connectivity index (χ3n) is 5.10. The molecule has 8 nitrogen and oxygen atoms in total. The van der Waals surface area contributed by atoms with E-state index in [2.05, 4.69) is 15.3 Å². The molecule has 2 amide bonds. The molecule has 36 heavy (non-hydrogen) atoms. The Morgan fingerprint density at radius 3 is 2.53 bits per heavy atom. The molecule has 194 valence electrons. The molecule has 0 atom stereocenters. The molecule has 0 saturated carbocycles. The number of carbonyl (C=O) groups excluding carboxylic acids is 1. The van der Waals surface area contributed by atoms with Crippen LogP contribution >= 0.6 is 0 Å². The molecular formula is C25H29F3N4O4. The minimum Gasteiger partial charge on any atom is -0.467 e. The van der Waals surface area contributed by atoms with Crippen molar-refractivity contribution in [2.75, 3.05) is 7.11 Å². The highest BCUT2D eigenvalue weighted by Gasteiger charge is 2.30. The lowest BCUT2D eigenvalue weighted by atomic mass is 10.0. The maximum Gasteiger partial charge on any atom is 0.416 e. The molecule has 0 radical (unpaired) electrons. The number of methoxy groups -OCH3 is 1. The van der Waals surface area contributed by atoms with Crippen LogP contribution in [-0.4, -0.2) is 33.5 Å². The molecule has 2 N–H and O–H groups in total. The van der Waals surface area contributed by atoms with Gasteiger partial charge in [-0.15, -0.1) is 0 Å². The number of aromatic amines is 1. The van der Waals surface area contributed by atoms with Crippen LogP contribution in [-0.2, 0) is 37.0 Å². The van der Waals surface area contributed by atoms with Gasteiger partial charge in [0.15, 0.2) is 0 Å². The Labute approximate surface area is 206 Å². The number of alkyl halides is 3. The molecule has 0 saturated heterocycles. The molecule has 3 rings (SSSR count). The largest absolute Gasteiger partial charge is 0.467 e. The Bertz CT molecular complexity index is 1230. The van der Waals surface area contributed by atoms with Crippen LogP contribution in [0, 0.1) is 0 Å². The SMILES string of the molecule is COCc1nc(CN(Cc2ccco2)C(=O)NC(C)(C)C)[nH]c(=O)c1Cc1cccc(C(F)(F)F)c1. The van der Waals surface area contributed by atoms with Crippen LogP contribution < -0.4 is 10.9 Å². The fourth-order valence-corrected chi connectivity index (χ4v) is 3.54. The maximum absolute atomic E-state index is 13.1. The van der Waals surface area contributed by atoms with E-state index in [1.54, 1.807) is 12.1 Å². The highest BCUT2D eigenvalue weighted by Crippen LogP contribution is 2.30. The number of ether oxygens (including phenoxy) is 1. The van der Waals surface area contributed by atoms with Gasteiger partial charge in [-0.25, -0.2) is 9.78 Å². The van der Waals surface area contributed by atoms with Crippen molar-refractivity contribution < 1.29 is 27.1 Å². The first kappa shape index (κ1) is 27.0. The number of rotatable bonds is 8. The average molecular weight is 507 g/mol. The van der Waals surface area contributed by atoms with Gasteiger partial charge in [0.05, 0.1) is 37.2 Å². The van der Waals surface area contributed by atoms with Crippen molar-refractivity contribution in [2.24, 2.45) is 0 Å². The monoisotopic (exact) mass is 506 g/mol. The molecule has 3 aromatic rings. The van der Waals surface area contributed by atoms with Crippen molar-refractivity contribution in [3.8, 4) is 0 Å². The van der Waals surface area contributed by atoms with Crippen LogP contribution in [0.4, 0.5) is 18.0 Å². The van der Waals surface area contributed by atoms with Crippen molar-refractivity contribution in [1.82, 2.24) is 20.2 Å². The van der Waals surface area contributed by atoms with Gasteiger partial charge < -0.3 is 24.4 Å². The molecule has 0 spiro atoms. The lowest BCUT2D eigenvalue weighted by Crippen LogP contribution is -2.48. The summed E-state index contributed by atoms with van der Waals surface area (Å²) in [6.45, 7) is 5.58. The van der Waals surface area contributed by atoms with Crippen LogP contribution in [0.15, 0.2) is 51.9 Å². The number of urea groups is 1. The van der Waals surface area contributed by atoms with Gasteiger partial charge in [0.1, 0.15) is 11.6 Å². The van der Waals surface area contributed by atoms with E-state index in [0.717, 1.165) is 12.1 Å². The Kier molecular flexibility index (Phi) is 8.24. The highest BCUT2D eigenvalue weighted by molar-refractivity contribution is 5.74. The van der Waals surface area contributed by atoms with Gasteiger partial charge in [-0.3, -0.25) is 4.79 Å². The minimum atomic E-state index is -4.50. The fraction of sp³-hybridized carbons (Fsp3) is 0.400. The molecular weight excluding hydrogens is 477 g/mol. The predicted molar refractivity (Wildman–Crippen MR) is 126 cm³/mol. The summed E-state index contributed by atoms with van der Waals surface area (Å²) in [5, 5.41) is 2.88. The predicted octanol–water partition coefficient (Wildman–Crippen LogP) is 4.63. The number of aromatic nitrogens is 2. The number of hydrogen-bond donors (Lipinski definition) is 2. The summed E-state index contributed by atoms with van der Waals surface area (Å²) in [4.78, 5) is 34.5. The van der Waals surface area contributed by atoms with Crippen molar-refractivity contribution in [2.45, 2.75) is 58.6 Å². The van der Waals surface area contributed by atoms with E-state index in [4.69, 9.17) is 9.15 Å². The summed E-state index contributed by atoms with van der Waals surface area (Å²) in [5.41, 5.74) is -1.04. The summed E-state index contributed by atoms with van der Waals surface area (Å²) in [6.07, 6.45) is -3.06. The van der Waals surface area contributed by atoms with Crippen molar-refractivity contribution in [3.05, 3.63) is 87.0 Å². The van der Waals surface area contributed by atoms with E-state index in [0.29, 0.717) is 11.3 Å². The number of nitrogens with zero attached hydrogens (tertiary/aromatic N) is 2. The molecule has 0 bridgehead atoms. The average Bonchev–Trinajstić information content (AvgIpc) is 3.27. The number of nitrogens with one attached hydrogen (secondary N) is 2. The fourth-order valence-electron chi connectivity index (χ4n) is 3.54. The van der Waals surface area contributed by atoms with E-state index >= 15 is 0 Å². The maximum atomic E-state index is 13.1. The quantitative estimate of drug-likeness (QED) is 0.464. The molecule has 1 aromatic carbocycles. The number of hydrogen-bond acceptors (Lipinski definition) is 5. The van der Waals surface area contributed by atoms with Crippen LogP contribution in [0.5, 0.6) is 0 Å². The molecule has 11 heteroatoms. The number of halogens is 3. The van der Waals surface area contributed by atoms with Crippen molar-refractivity contribution in [1.29, 1.82) is 0 Å². The van der Waals surface area contributed by atoms with Gasteiger partial charge >= 0.3 is 12.2 Å². The summed E-state index contributed by atoms with van der Waals surface area (Å²) in [6, 6.07) is 7.83. The number of amides is 2. The van der Waals surface area contributed by atoms with Gasteiger partial charge in [-0.2, -0.15) is 13.2 Å². The molecule has 0 unspecified atom stereocenters. The Morgan fingerprint density at radius 2 is 1.92 bits per heavy atom. The van der Waals surface area contributed by atoms with Gasteiger partial charge in [0.2, 0.25) is 0 Å². The van der Waals surface area contributed by atoms with E-state index in [1.165, 1.54) is 30.4 Å². The van der Waals surface area contributed by atoms with Crippen molar-refractivity contribution in [3.63, 3.8) is 0 Å². The first-order valence-corrected chi connectivity index (χ1v) is 11.2. The lowest BCUT2D eigenvalue weighted by molar-refractivity contribution is -0.137. The Morgan fingerprint density at radius 1 is 1.17 bits per heavy atom. The molecule has 0 fully saturated rings. The topological polar surface area (TPSA) is 100 Å². The summed E-state index contributed by atoms with van der Waals surface area (Å²) in [7, 11) is 1.43. The summed E-state index contributed by atoms with van der Waals surface area (Å²) in [5.74, 6) is 0.746. The highest BCUT2D eigenvalue weighted by atomic mass is 19.4. The van der Waals surface area contributed by atoms with Gasteiger partial charge in [0.25, 0.3) is 5.56 Å².